The summed E-state index contributed by atoms with van der Waals surface area (Å²) >= 11 is 0. The lowest BCUT2D eigenvalue weighted by Crippen LogP contribution is -2.33. The van der Waals surface area contributed by atoms with Crippen LogP contribution in [0.3, 0.4) is 0 Å². The van der Waals surface area contributed by atoms with Gasteiger partial charge in [-0.1, -0.05) is 6.07 Å². The third-order valence-corrected chi connectivity index (χ3v) is 3.84. The molecule has 156 valence electrons. The number of alkyl halides is 3. The van der Waals surface area contributed by atoms with Gasteiger partial charge in [-0.25, -0.2) is 0 Å². The number of methoxy groups -OCH3 is 1. The maximum Gasteiger partial charge on any atom is 0.405 e. The minimum atomic E-state index is -4.50. The molecule has 0 aromatic heterocycles. The summed E-state index contributed by atoms with van der Waals surface area (Å²) < 4.78 is 47.4. The topological polar surface area (TPSA) is 76.7 Å². The van der Waals surface area contributed by atoms with E-state index in [-0.39, 0.29) is 17.9 Å². The van der Waals surface area contributed by atoms with Crippen molar-refractivity contribution in [2.75, 3.05) is 25.6 Å². The van der Waals surface area contributed by atoms with Crippen LogP contribution in [0, 0.1) is 0 Å². The minimum absolute atomic E-state index is 0.00110. The lowest BCUT2D eigenvalue weighted by molar-refractivity contribution is -0.123. The van der Waals surface area contributed by atoms with Crippen molar-refractivity contribution in [1.82, 2.24) is 5.32 Å². The summed E-state index contributed by atoms with van der Waals surface area (Å²) in [6, 6.07) is 10.5. The van der Waals surface area contributed by atoms with Gasteiger partial charge >= 0.3 is 6.18 Å². The Hall–Kier alpha value is -3.07. The van der Waals surface area contributed by atoms with E-state index in [1.165, 1.54) is 31.4 Å². The fourth-order valence-corrected chi connectivity index (χ4v) is 2.47. The summed E-state index contributed by atoms with van der Waals surface area (Å²) in [6.45, 7) is 1.19. The number of halogens is 3. The second-order valence-corrected chi connectivity index (χ2v) is 6.00. The van der Waals surface area contributed by atoms with Gasteiger partial charge in [0.25, 0.3) is 11.8 Å². The van der Waals surface area contributed by atoms with E-state index >= 15 is 0 Å². The van der Waals surface area contributed by atoms with Crippen molar-refractivity contribution < 1.29 is 32.2 Å². The van der Waals surface area contributed by atoms with Gasteiger partial charge in [-0.2, -0.15) is 13.2 Å². The van der Waals surface area contributed by atoms with E-state index in [1.807, 2.05) is 6.92 Å². The first-order chi connectivity index (χ1) is 13.7. The second-order valence-electron chi connectivity index (χ2n) is 6.00. The number of nitrogens with one attached hydrogen (secondary N) is 2. The molecule has 2 amide bonds. The summed E-state index contributed by atoms with van der Waals surface area (Å²) in [5.41, 5.74) is 1.31. The lowest BCUT2D eigenvalue weighted by Gasteiger charge is -2.12. The summed E-state index contributed by atoms with van der Waals surface area (Å²) in [5.74, 6) is -0.751. The maximum absolute atomic E-state index is 12.5. The summed E-state index contributed by atoms with van der Waals surface area (Å²) in [7, 11) is 1.51. The molecule has 9 heteroatoms. The molecule has 2 aromatic rings. The predicted octanol–water partition coefficient (Wildman–Crippen LogP) is 3.78. The SMILES string of the molecule is CCOCc1cc(C(=O)Nc2cccc(C(=O)NCC(F)(F)F)c2)ccc1OC. The fraction of sp³-hybridized carbons (Fsp3) is 0.300. The van der Waals surface area contributed by atoms with E-state index in [0.717, 1.165) is 0 Å². The number of hydrogen-bond donors (Lipinski definition) is 2. The predicted molar refractivity (Wildman–Crippen MR) is 101 cm³/mol. The highest BCUT2D eigenvalue weighted by Gasteiger charge is 2.27. The number of carbonyl (C=O) groups is 2. The lowest BCUT2D eigenvalue weighted by atomic mass is 10.1. The fourth-order valence-electron chi connectivity index (χ4n) is 2.47. The van der Waals surface area contributed by atoms with Gasteiger partial charge < -0.3 is 20.1 Å². The molecule has 6 nitrogen and oxygen atoms in total. The zero-order valence-electron chi connectivity index (χ0n) is 15.9. The second kappa shape index (κ2) is 9.92. The summed E-state index contributed by atoms with van der Waals surface area (Å²) in [5, 5.41) is 4.41. The number of amides is 2. The van der Waals surface area contributed by atoms with Crippen LogP contribution in [0.1, 0.15) is 33.2 Å². The molecule has 0 unspecified atom stereocenters. The molecule has 0 fully saturated rings. The van der Waals surface area contributed by atoms with Crippen molar-refractivity contribution in [1.29, 1.82) is 0 Å². The van der Waals surface area contributed by atoms with Crippen molar-refractivity contribution in [3.8, 4) is 5.75 Å². The van der Waals surface area contributed by atoms with Crippen molar-refractivity contribution in [2.45, 2.75) is 19.7 Å². The molecule has 0 heterocycles. The monoisotopic (exact) mass is 410 g/mol. The van der Waals surface area contributed by atoms with Crippen LogP contribution in [0.25, 0.3) is 0 Å². The van der Waals surface area contributed by atoms with Crippen LogP contribution in [0.2, 0.25) is 0 Å². The molecule has 0 saturated heterocycles. The van der Waals surface area contributed by atoms with E-state index in [0.29, 0.717) is 23.5 Å². The molecule has 0 radical (unpaired) electrons. The van der Waals surface area contributed by atoms with Gasteiger partial charge in [0.05, 0.1) is 13.7 Å². The van der Waals surface area contributed by atoms with Crippen LogP contribution in [0.5, 0.6) is 5.75 Å². The molecule has 2 aromatic carbocycles. The highest BCUT2D eigenvalue weighted by atomic mass is 19.4. The Bertz CT molecular complexity index is 869. The molecule has 0 saturated carbocycles. The van der Waals surface area contributed by atoms with E-state index in [1.54, 1.807) is 23.5 Å². The van der Waals surface area contributed by atoms with Crippen molar-refractivity contribution in [2.24, 2.45) is 0 Å². The van der Waals surface area contributed by atoms with Gasteiger partial charge in [0.2, 0.25) is 0 Å². The Morgan fingerprint density at radius 1 is 1.03 bits per heavy atom. The molecular weight excluding hydrogens is 389 g/mol. The molecule has 0 aliphatic heterocycles. The Morgan fingerprint density at radius 3 is 2.41 bits per heavy atom. The van der Waals surface area contributed by atoms with Crippen LogP contribution in [-0.4, -0.2) is 38.3 Å². The normalized spacial score (nSPS) is 11.1. The smallest absolute Gasteiger partial charge is 0.405 e. The van der Waals surface area contributed by atoms with E-state index in [4.69, 9.17) is 9.47 Å². The molecule has 2 N–H and O–H groups in total. The number of benzene rings is 2. The zero-order valence-corrected chi connectivity index (χ0v) is 15.9. The Labute approximate surface area is 166 Å². The van der Waals surface area contributed by atoms with Gasteiger partial charge in [0.15, 0.2) is 0 Å². The van der Waals surface area contributed by atoms with E-state index in [9.17, 15) is 22.8 Å². The number of anilines is 1. The van der Waals surface area contributed by atoms with E-state index in [2.05, 4.69) is 5.32 Å². The Balaban J connectivity index is 2.12. The number of hydrogen-bond acceptors (Lipinski definition) is 4. The van der Waals surface area contributed by atoms with Gasteiger partial charge in [0.1, 0.15) is 12.3 Å². The Morgan fingerprint density at radius 2 is 1.76 bits per heavy atom. The highest BCUT2D eigenvalue weighted by molar-refractivity contribution is 6.05. The molecule has 0 bridgehead atoms. The first-order valence-electron chi connectivity index (χ1n) is 8.74. The Kier molecular flexibility index (Phi) is 7.60. The largest absolute Gasteiger partial charge is 0.496 e. The molecule has 0 aliphatic rings. The van der Waals surface area contributed by atoms with Crippen LogP contribution < -0.4 is 15.4 Å². The summed E-state index contributed by atoms with van der Waals surface area (Å²) in [6.07, 6.45) is -4.50. The number of rotatable bonds is 8. The van der Waals surface area contributed by atoms with Gasteiger partial charge in [-0.05, 0) is 43.3 Å². The van der Waals surface area contributed by atoms with Crippen LogP contribution in [0.15, 0.2) is 42.5 Å². The third-order valence-electron chi connectivity index (χ3n) is 3.84. The summed E-state index contributed by atoms with van der Waals surface area (Å²) in [4.78, 5) is 24.4. The quantitative estimate of drug-likeness (QED) is 0.695. The van der Waals surface area contributed by atoms with Crippen molar-refractivity contribution in [3.63, 3.8) is 0 Å². The van der Waals surface area contributed by atoms with E-state index < -0.39 is 24.5 Å². The zero-order chi connectivity index (χ0) is 21.4. The van der Waals surface area contributed by atoms with Crippen LogP contribution in [-0.2, 0) is 11.3 Å². The molecule has 0 spiro atoms. The van der Waals surface area contributed by atoms with Gasteiger partial charge in [0, 0.05) is 29.0 Å². The van der Waals surface area contributed by atoms with Crippen LogP contribution in [0.4, 0.5) is 18.9 Å². The minimum Gasteiger partial charge on any atom is -0.496 e. The standard InChI is InChI=1S/C20H21F3N2O4/c1-3-29-11-15-9-14(7-8-17(15)28-2)19(27)25-16-6-4-5-13(10-16)18(26)24-12-20(21,22)23/h4-10H,3,11-12H2,1-2H3,(H,24,26)(H,25,27). The first-order valence-corrected chi connectivity index (χ1v) is 8.74. The third kappa shape index (κ3) is 6.79. The number of carbonyl (C=O) groups excluding carboxylic acids is 2. The van der Waals surface area contributed by atoms with Gasteiger partial charge in [-0.15, -0.1) is 0 Å². The molecule has 0 atom stereocenters. The highest BCUT2D eigenvalue weighted by Crippen LogP contribution is 2.22. The molecule has 29 heavy (non-hydrogen) atoms. The molecule has 2 rings (SSSR count). The van der Waals surface area contributed by atoms with Crippen LogP contribution >= 0.6 is 0 Å². The molecule has 0 aliphatic carbocycles. The van der Waals surface area contributed by atoms with Crippen molar-refractivity contribution in [3.05, 3.63) is 59.2 Å². The first kappa shape index (κ1) is 22.2. The average molecular weight is 410 g/mol. The maximum atomic E-state index is 12.5. The number of ether oxygens (including phenoxy) is 2. The average Bonchev–Trinajstić information content (AvgIpc) is 2.69. The van der Waals surface area contributed by atoms with Crippen molar-refractivity contribution >= 4 is 17.5 Å². The van der Waals surface area contributed by atoms with Gasteiger partial charge in [-0.3, -0.25) is 9.59 Å². The molecular formula is C20H21F3N2O4.